The van der Waals surface area contributed by atoms with Gasteiger partial charge in [-0.25, -0.2) is 0 Å². The second-order valence-corrected chi connectivity index (χ2v) is 11.7. The molecule has 2 heterocycles. The second-order valence-electron chi connectivity index (χ2n) is 4.90. The molecule has 0 spiro atoms. The molecule has 4 heteroatoms. The molecule has 0 saturated carbocycles. The minimum absolute atomic E-state index is 0.184. The van der Waals surface area contributed by atoms with E-state index in [1.54, 1.807) is 10.6 Å². The van der Waals surface area contributed by atoms with Gasteiger partial charge >= 0.3 is 0 Å². The van der Waals surface area contributed by atoms with Gasteiger partial charge in [-0.15, -0.1) is 15.1 Å². The molecule has 2 aromatic rings. The van der Waals surface area contributed by atoms with E-state index < -0.39 is 0 Å². The van der Waals surface area contributed by atoms with Crippen molar-refractivity contribution in [2.24, 2.45) is 13.3 Å². The van der Waals surface area contributed by atoms with Crippen LogP contribution in [0.4, 0.5) is 0 Å². The van der Waals surface area contributed by atoms with Crippen molar-refractivity contribution in [1.82, 2.24) is 0 Å². The van der Waals surface area contributed by atoms with Crippen LogP contribution in [0.5, 0.6) is 0 Å². The van der Waals surface area contributed by atoms with Gasteiger partial charge in [-0.1, -0.05) is 0 Å². The van der Waals surface area contributed by atoms with E-state index in [1.165, 1.54) is 30.7 Å². The molecule has 0 aliphatic rings. The molecule has 2 unspecified atom stereocenters. The fourth-order valence-corrected chi connectivity index (χ4v) is 9.15. The maximum absolute atomic E-state index is 3.79. The zero-order chi connectivity index (χ0) is 13.8. The summed E-state index contributed by atoms with van der Waals surface area (Å²) in [6, 6.07) is 0. The van der Waals surface area contributed by atoms with E-state index in [0.717, 1.165) is 0 Å². The van der Waals surface area contributed by atoms with E-state index in [-0.39, 0.29) is 15.1 Å². The van der Waals surface area contributed by atoms with Crippen molar-refractivity contribution in [3.05, 3.63) is 30.7 Å². The van der Waals surface area contributed by atoms with Crippen molar-refractivity contribution in [3.63, 3.8) is 0 Å². The first-order valence-corrected chi connectivity index (χ1v) is 11.1. The zero-order valence-electron chi connectivity index (χ0n) is 11.7. The van der Waals surface area contributed by atoms with Gasteiger partial charge in [-0.3, -0.25) is 0 Å². The first-order valence-electron chi connectivity index (χ1n) is 5.92. The third-order valence-corrected chi connectivity index (χ3v) is 12.8. The van der Waals surface area contributed by atoms with Gasteiger partial charge in [0.1, 0.15) is 0 Å². The van der Waals surface area contributed by atoms with Crippen LogP contribution >= 0.6 is 46.9 Å². The van der Waals surface area contributed by atoms with E-state index in [9.17, 15) is 0 Å². The SMILES string of the molecule is Cc1c(C)c(-c2c(C)c(C)c(Br)p2C)p(C)c1Br. The summed E-state index contributed by atoms with van der Waals surface area (Å²) in [5.74, 6) is 0. The molecule has 0 amide bonds. The largest absolute Gasteiger partial charge is 0.104 e. The Kier molecular flexibility index (Phi) is 4.25. The topological polar surface area (TPSA) is 0 Å². The molecule has 0 aliphatic carbocycles. The van der Waals surface area contributed by atoms with Crippen molar-refractivity contribution < 1.29 is 0 Å². The lowest BCUT2D eigenvalue weighted by Gasteiger charge is -2.07. The third kappa shape index (κ3) is 2.01. The summed E-state index contributed by atoms with van der Waals surface area (Å²) in [5, 5.41) is 3.24. The molecular weight excluding hydrogens is 390 g/mol. The second kappa shape index (κ2) is 5.13. The van der Waals surface area contributed by atoms with Crippen LogP contribution in [0.15, 0.2) is 8.41 Å². The first-order chi connectivity index (χ1) is 8.29. The highest BCUT2D eigenvalue weighted by Crippen LogP contribution is 2.60. The molecule has 0 saturated heterocycles. The minimum atomic E-state index is -0.184. The summed E-state index contributed by atoms with van der Waals surface area (Å²) in [5.41, 5.74) is 5.88. The Morgan fingerprint density at radius 1 is 0.611 bits per heavy atom. The van der Waals surface area contributed by atoms with Crippen LogP contribution in [-0.4, -0.2) is 0 Å². The van der Waals surface area contributed by atoms with Crippen LogP contribution in [0.1, 0.15) is 22.3 Å². The lowest BCUT2D eigenvalue weighted by molar-refractivity contribution is 1.37. The standard InChI is InChI=1S/C14H18Br2P2/c1-7-9(3)13(15)17(5)11(7)12-8(2)10(4)14(16)18(12)6/h1-6H3. The maximum atomic E-state index is 3.79. The van der Waals surface area contributed by atoms with Crippen LogP contribution in [0.3, 0.4) is 0 Å². The van der Waals surface area contributed by atoms with Gasteiger partial charge in [0.15, 0.2) is 0 Å². The van der Waals surface area contributed by atoms with Gasteiger partial charge in [0, 0.05) is 19.0 Å². The molecule has 98 valence electrons. The summed E-state index contributed by atoms with van der Waals surface area (Å²) in [4.78, 5) is 0. The molecular formula is C14H18Br2P2. The molecule has 2 aromatic heterocycles. The van der Waals surface area contributed by atoms with Gasteiger partial charge < -0.3 is 0 Å². The third-order valence-electron chi connectivity index (χ3n) is 3.94. The Morgan fingerprint density at radius 2 is 0.889 bits per heavy atom. The lowest BCUT2D eigenvalue weighted by Crippen LogP contribution is -1.79. The average Bonchev–Trinajstić information content (AvgIpc) is 2.64. The quantitative estimate of drug-likeness (QED) is 0.470. The predicted octanol–water partition coefficient (Wildman–Crippen LogP) is 7.16. The molecule has 0 bridgehead atoms. The van der Waals surface area contributed by atoms with Crippen LogP contribution in [0.25, 0.3) is 10.6 Å². The van der Waals surface area contributed by atoms with Crippen molar-refractivity contribution in [2.45, 2.75) is 27.7 Å². The van der Waals surface area contributed by atoms with Gasteiger partial charge in [-0.05, 0) is 95.1 Å². The Bertz CT molecular complexity index is 526. The minimum Gasteiger partial charge on any atom is -0.104 e. The van der Waals surface area contributed by atoms with Crippen LogP contribution in [0, 0.1) is 27.7 Å². The zero-order valence-corrected chi connectivity index (χ0v) is 16.6. The van der Waals surface area contributed by atoms with Crippen molar-refractivity contribution >= 4 is 46.9 Å². The number of hydrogen-bond acceptors (Lipinski definition) is 0. The number of halogens is 2. The molecule has 0 fully saturated rings. The van der Waals surface area contributed by atoms with Crippen LogP contribution in [-0.2, 0) is 13.3 Å². The normalized spacial score (nSPS) is 13.3. The van der Waals surface area contributed by atoms with Crippen molar-refractivity contribution in [1.29, 1.82) is 0 Å². The van der Waals surface area contributed by atoms with Crippen molar-refractivity contribution in [2.75, 3.05) is 0 Å². The van der Waals surface area contributed by atoms with E-state index in [0.29, 0.717) is 0 Å². The van der Waals surface area contributed by atoms with Crippen LogP contribution in [0.2, 0.25) is 0 Å². The monoisotopic (exact) mass is 406 g/mol. The van der Waals surface area contributed by atoms with E-state index in [1.807, 2.05) is 0 Å². The molecule has 0 radical (unpaired) electrons. The van der Waals surface area contributed by atoms with E-state index in [4.69, 9.17) is 0 Å². The summed E-state index contributed by atoms with van der Waals surface area (Å²) in [6.07, 6.45) is 0. The highest BCUT2D eigenvalue weighted by Gasteiger charge is 2.22. The smallest absolute Gasteiger partial charge is 0.0402 e. The Morgan fingerprint density at radius 3 is 1.06 bits per heavy atom. The molecule has 2 rings (SSSR count). The maximum Gasteiger partial charge on any atom is 0.0402 e. The summed E-state index contributed by atoms with van der Waals surface area (Å²) in [6.45, 7) is 13.8. The average molecular weight is 408 g/mol. The van der Waals surface area contributed by atoms with Gasteiger partial charge in [-0.2, -0.15) is 0 Å². The first kappa shape index (κ1) is 14.9. The molecule has 0 aromatic carbocycles. The summed E-state index contributed by atoms with van der Waals surface area (Å²) < 4.78 is 2.85. The summed E-state index contributed by atoms with van der Waals surface area (Å²) >= 11 is 7.59. The highest BCUT2D eigenvalue weighted by atomic mass is 79.9. The lowest BCUT2D eigenvalue weighted by atomic mass is 10.1. The molecule has 2 atom stereocenters. The molecule has 18 heavy (non-hydrogen) atoms. The van der Waals surface area contributed by atoms with Gasteiger partial charge in [0.2, 0.25) is 0 Å². The summed E-state index contributed by atoms with van der Waals surface area (Å²) in [7, 11) is -0.368. The fraction of sp³-hybridized carbons (Fsp3) is 0.429. The predicted molar refractivity (Wildman–Crippen MR) is 93.6 cm³/mol. The van der Waals surface area contributed by atoms with Gasteiger partial charge in [0.05, 0.1) is 0 Å². The fourth-order valence-electron chi connectivity index (χ4n) is 2.54. The molecule has 0 N–H and O–H groups in total. The highest BCUT2D eigenvalue weighted by molar-refractivity contribution is 9.11. The number of rotatable bonds is 1. The van der Waals surface area contributed by atoms with Gasteiger partial charge in [0.25, 0.3) is 0 Å². The molecule has 0 aliphatic heterocycles. The van der Waals surface area contributed by atoms with E-state index in [2.05, 4.69) is 72.9 Å². The number of hydrogen-bond donors (Lipinski definition) is 0. The molecule has 0 nitrogen and oxygen atoms in total. The Balaban J connectivity index is 2.86. The van der Waals surface area contributed by atoms with E-state index >= 15 is 0 Å². The van der Waals surface area contributed by atoms with Crippen LogP contribution < -0.4 is 0 Å². The van der Waals surface area contributed by atoms with Crippen molar-refractivity contribution in [3.8, 4) is 10.6 Å². The Labute approximate surface area is 129 Å². The Hall–Kier alpha value is 0.520.